The maximum absolute atomic E-state index is 12.0. The van der Waals surface area contributed by atoms with Crippen LogP contribution >= 0.6 is 0 Å². The molecule has 0 aromatic heterocycles. The smallest absolute Gasteiger partial charge is 0.150 e. The lowest BCUT2D eigenvalue weighted by molar-refractivity contribution is -0.123. The standard InChI is InChI=1S/C14H29NO/c1-6-8-9-11(7-2)10-12(16)13(15)14(3,4)5/h11,13H,6-10,15H2,1-5H3. The highest BCUT2D eigenvalue weighted by atomic mass is 16.1. The van der Waals surface area contributed by atoms with Gasteiger partial charge in [-0.2, -0.15) is 0 Å². The molecule has 0 aliphatic carbocycles. The molecule has 2 atom stereocenters. The van der Waals surface area contributed by atoms with Crippen LogP contribution < -0.4 is 5.73 Å². The van der Waals surface area contributed by atoms with Crippen molar-refractivity contribution in [1.29, 1.82) is 0 Å². The van der Waals surface area contributed by atoms with Gasteiger partial charge < -0.3 is 5.73 Å². The zero-order valence-corrected chi connectivity index (χ0v) is 11.7. The molecule has 0 aromatic rings. The number of hydrogen-bond donors (Lipinski definition) is 1. The van der Waals surface area contributed by atoms with Crippen molar-refractivity contribution in [2.45, 2.75) is 72.8 Å². The zero-order chi connectivity index (χ0) is 12.8. The fraction of sp³-hybridized carbons (Fsp3) is 0.929. The summed E-state index contributed by atoms with van der Waals surface area (Å²) in [6.07, 6.45) is 5.33. The van der Waals surface area contributed by atoms with Gasteiger partial charge in [0.2, 0.25) is 0 Å². The molecule has 0 saturated heterocycles. The van der Waals surface area contributed by atoms with Crippen molar-refractivity contribution in [3.63, 3.8) is 0 Å². The Morgan fingerprint density at radius 1 is 1.25 bits per heavy atom. The maximum Gasteiger partial charge on any atom is 0.150 e. The van der Waals surface area contributed by atoms with Gasteiger partial charge in [0.1, 0.15) is 5.78 Å². The van der Waals surface area contributed by atoms with Crippen LogP contribution in [-0.4, -0.2) is 11.8 Å². The first-order valence-corrected chi connectivity index (χ1v) is 6.61. The van der Waals surface area contributed by atoms with E-state index in [0.29, 0.717) is 12.3 Å². The van der Waals surface area contributed by atoms with Crippen molar-refractivity contribution in [2.75, 3.05) is 0 Å². The zero-order valence-electron chi connectivity index (χ0n) is 11.7. The molecule has 2 unspecified atom stereocenters. The molecule has 0 fully saturated rings. The summed E-state index contributed by atoms with van der Waals surface area (Å²) < 4.78 is 0. The highest BCUT2D eigenvalue weighted by Gasteiger charge is 2.28. The van der Waals surface area contributed by atoms with Crippen molar-refractivity contribution < 1.29 is 4.79 Å². The van der Waals surface area contributed by atoms with Crippen LogP contribution in [0.15, 0.2) is 0 Å². The molecule has 0 heterocycles. The monoisotopic (exact) mass is 227 g/mol. The first kappa shape index (κ1) is 15.6. The first-order valence-electron chi connectivity index (χ1n) is 6.61. The molecule has 0 bridgehead atoms. The molecule has 96 valence electrons. The lowest BCUT2D eigenvalue weighted by Crippen LogP contribution is -2.42. The Balaban J connectivity index is 4.19. The average Bonchev–Trinajstić information content (AvgIpc) is 2.21. The molecule has 0 spiro atoms. The number of unbranched alkanes of at least 4 members (excludes halogenated alkanes) is 1. The summed E-state index contributed by atoms with van der Waals surface area (Å²) >= 11 is 0. The van der Waals surface area contributed by atoms with Crippen molar-refractivity contribution in [3.05, 3.63) is 0 Å². The number of carbonyl (C=O) groups is 1. The molecule has 2 N–H and O–H groups in total. The molecular formula is C14H29NO. The number of ketones is 1. The number of carbonyl (C=O) groups excluding carboxylic acids is 1. The second-order valence-corrected chi connectivity index (χ2v) is 5.93. The predicted octanol–water partition coefficient (Wildman–Crippen LogP) is 3.54. The third-order valence-electron chi connectivity index (χ3n) is 3.31. The van der Waals surface area contributed by atoms with Crippen LogP contribution in [0.1, 0.15) is 66.7 Å². The van der Waals surface area contributed by atoms with Gasteiger partial charge in [-0.3, -0.25) is 4.79 Å². The van der Waals surface area contributed by atoms with Gasteiger partial charge in [-0.1, -0.05) is 60.3 Å². The van der Waals surface area contributed by atoms with Gasteiger partial charge in [0.15, 0.2) is 0 Å². The topological polar surface area (TPSA) is 43.1 Å². The second kappa shape index (κ2) is 7.05. The molecule has 16 heavy (non-hydrogen) atoms. The summed E-state index contributed by atoms with van der Waals surface area (Å²) in [6.45, 7) is 10.4. The molecule has 0 aliphatic rings. The van der Waals surface area contributed by atoms with Crippen LogP contribution in [-0.2, 0) is 4.79 Å². The summed E-state index contributed by atoms with van der Waals surface area (Å²) in [7, 11) is 0. The van der Waals surface area contributed by atoms with Crippen LogP contribution in [0.3, 0.4) is 0 Å². The van der Waals surface area contributed by atoms with E-state index >= 15 is 0 Å². The van der Waals surface area contributed by atoms with Crippen molar-refractivity contribution >= 4 is 5.78 Å². The van der Waals surface area contributed by atoms with E-state index in [0.717, 1.165) is 12.8 Å². The minimum atomic E-state index is -0.317. The van der Waals surface area contributed by atoms with Gasteiger partial charge in [-0.15, -0.1) is 0 Å². The van der Waals surface area contributed by atoms with Gasteiger partial charge in [-0.25, -0.2) is 0 Å². The van der Waals surface area contributed by atoms with E-state index < -0.39 is 0 Å². The minimum absolute atomic E-state index is 0.111. The van der Waals surface area contributed by atoms with E-state index in [1.807, 2.05) is 20.8 Å². The normalized spacial score (nSPS) is 15.9. The number of nitrogens with two attached hydrogens (primary N) is 1. The van der Waals surface area contributed by atoms with Crippen molar-refractivity contribution in [3.8, 4) is 0 Å². The lowest BCUT2D eigenvalue weighted by atomic mass is 9.81. The van der Waals surface area contributed by atoms with E-state index in [1.54, 1.807) is 0 Å². The Morgan fingerprint density at radius 2 is 1.81 bits per heavy atom. The molecule has 2 nitrogen and oxygen atoms in total. The Kier molecular flexibility index (Phi) is 6.89. The highest BCUT2D eigenvalue weighted by Crippen LogP contribution is 2.23. The minimum Gasteiger partial charge on any atom is -0.321 e. The summed E-state index contributed by atoms with van der Waals surface area (Å²) in [6, 6.07) is -0.317. The molecule has 0 saturated carbocycles. The van der Waals surface area contributed by atoms with Crippen LogP contribution in [0.5, 0.6) is 0 Å². The quantitative estimate of drug-likeness (QED) is 0.723. The largest absolute Gasteiger partial charge is 0.321 e. The summed E-state index contributed by atoms with van der Waals surface area (Å²) in [5, 5.41) is 0. The summed E-state index contributed by atoms with van der Waals surface area (Å²) in [4.78, 5) is 12.0. The predicted molar refractivity (Wildman–Crippen MR) is 70.4 cm³/mol. The molecular weight excluding hydrogens is 198 g/mol. The Hall–Kier alpha value is -0.370. The molecule has 2 heteroatoms. The Labute approximate surface area is 101 Å². The third-order valence-corrected chi connectivity index (χ3v) is 3.31. The van der Waals surface area contributed by atoms with Crippen LogP contribution in [0.25, 0.3) is 0 Å². The molecule has 0 aromatic carbocycles. The second-order valence-electron chi connectivity index (χ2n) is 5.93. The van der Waals surface area contributed by atoms with Gasteiger partial charge in [0.25, 0.3) is 0 Å². The van der Waals surface area contributed by atoms with Crippen LogP contribution in [0.2, 0.25) is 0 Å². The van der Waals surface area contributed by atoms with Crippen LogP contribution in [0.4, 0.5) is 0 Å². The lowest BCUT2D eigenvalue weighted by Gasteiger charge is -2.27. The van der Waals surface area contributed by atoms with E-state index in [-0.39, 0.29) is 17.2 Å². The Bertz CT molecular complexity index is 205. The van der Waals surface area contributed by atoms with Gasteiger partial charge in [-0.05, 0) is 11.3 Å². The molecule has 0 radical (unpaired) electrons. The SMILES string of the molecule is CCCCC(CC)CC(=O)C(N)C(C)(C)C. The van der Waals surface area contributed by atoms with Gasteiger partial charge >= 0.3 is 0 Å². The van der Waals surface area contributed by atoms with Crippen LogP contribution in [0, 0.1) is 11.3 Å². The fourth-order valence-electron chi connectivity index (χ4n) is 1.84. The highest BCUT2D eigenvalue weighted by molar-refractivity contribution is 5.84. The summed E-state index contributed by atoms with van der Waals surface area (Å²) in [5.41, 5.74) is 5.87. The van der Waals surface area contributed by atoms with E-state index in [1.165, 1.54) is 12.8 Å². The molecule has 0 rings (SSSR count). The third kappa shape index (κ3) is 5.64. The van der Waals surface area contributed by atoms with Gasteiger partial charge in [0.05, 0.1) is 6.04 Å². The summed E-state index contributed by atoms with van der Waals surface area (Å²) in [5.74, 6) is 0.760. The van der Waals surface area contributed by atoms with E-state index in [2.05, 4.69) is 13.8 Å². The molecule has 0 amide bonds. The number of rotatable bonds is 7. The Morgan fingerprint density at radius 3 is 2.19 bits per heavy atom. The maximum atomic E-state index is 12.0. The fourth-order valence-corrected chi connectivity index (χ4v) is 1.84. The van der Waals surface area contributed by atoms with Gasteiger partial charge in [0, 0.05) is 6.42 Å². The number of Topliss-reactive ketones (excluding diaryl/α,β-unsaturated/α-hetero) is 1. The van der Waals surface area contributed by atoms with Crippen molar-refractivity contribution in [2.24, 2.45) is 17.1 Å². The van der Waals surface area contributed by atoms with E-state index in [4.69, 9.17) is 5.73 Å². The average molecular weight is 227 g/mol. The van der Waals surface area contributed by atoms with Crippen molar-refractivity contribution in [1.82, 2.24) is 0 Å². The number of hydrogen-bond acceptors (Lipinski definition) is 2. The first-order chi connectivity index (χ1) is 7.32. The van der Waals surface area contributed by atoms with E-state index in [9.17, 15) is 4.79 Å². The molecule has 0 aliphatic heterocycles.